The van der Waals surface area contributed by atoms with Crippen molar-refractivity contribution >= 4 is 5.91 Å². The highest BCUT2D eigenvalue weighted by atomic mass is 16.1. The van der Waals surface area contributed by atoms with Crippen LogP contribution in [0.4, 0.5) is 0 Å². The summed E-state index contributed by atoms with van der Waals surface area (Å²) in [6.45, 7) is 15.8. The summed E-state index contributed by atoms with van der Waals surface area (Å²) >= 11 is 0. The van der Waals surface area contributed by atoms with E-state index in [1.165, 1.54) is 12.8 Å². The molecule has 1 rings (SSSR count). The second kappa shape index (κ2) is 9.30. The molecular weight excluding hydrogens is 310 g/mol. The summed E-state index contributed by atoms with van der Waals surface area (Å²) in [5.41, 5.74) is 2.21. The van der Waals surface area contributed by atoms with Gasteiger partial charge in [0, 0.05) is 12.1 Å². The highest BCUT2D eigenvalue weighted by molar-refractivity contribution is 5.78. The molecule has 4 heteroatoms. The van der Waals surface area contributed by atoms with Gasteiger partial charge in [-0.25, -0.2) is 0 Å². The third-order valence-corrected chi connectivity index (χ3v) is 4.24. The molecule has 0 aliphatic heterocycles. The lowest BCUT2D eigenvalue weighted by Crippen LogP contribution is -2.33. The van der Waals surface area contributed by atoms with Crippen molar-refractivity contribution in [2.75, 3.05) is 0 Å². The number of hydrogen-bond acceptors (Lipinski definition) is 3. The molecule has 0 saturated carbocycles. The molecular formula is C21H37N3O. The number of carbonyl (C=O) groups is 1. The predicted octanol–water partition coefficient (Wildman–Crippen LogP) is 5.06. The van der Waals surface area contributed by atoms with Gasteiger partial charge in [0.2, 0.25) is 5.91 Å². The van der Waals surface area contributed by atoms with Gasteiger partial charge < -0.3 is 5.32 Å². The number of aromatic nitrogens is 2. The van der Waals surface area contributed by atoms with Gasteiger partial charge in [-0.15, -0.1) is 0 Å². The number of nitrogens with zero attached hydrogens (tertiary/aromatic N) is 2. The highest BCUT2D eigenvalue weighted by Crippen LogP contribution is 2.29. The Kier molecular flexibility index (Phi) is 8.04. The summed E-state index contributed by atoms with van der Waals surface area (Å²) in [5, 5.41) is 3.06. The van der Waals surface area contributed by atoms with Gasteiger partial charge in [0.05, 0.1) is 24.1 Å². The van der Waals surface area contributed by atoms with Crippen LogP contribution in [0.2, 0.25) is 0 Å². The van der Waals surface area contributed by atoms with Gasteiger partial charge in [-0.2, -0.15) is 0 Å². The Morgan fingerprint density at radius 3 is 2.24 bits per heavy atom. The van der Waals surface area contributed by atoms with Crippen LogP contribution < -0.4 is 5.32 Å². The summed E-state index contributed by atoms with van der Waals surface area (Å²) in [4.78, 5) is 21.2. The van der Waals surface area contributed by atoms with Crippen molar-refractivity contribution < 1.29 is 4.79 Å². The minimum absolute atomic E-state index is 0.0679. The van der Waals surface area contributed by atoms with Crippen molar-refractivity contribution in [3.05, 3.63) is 23.8 Å². The molecule has 1 amide bonds. The maximum Gasteiger partial charge on any atom is 0.223 e. The van der Waals surface area contributed by atoms with Crippen molar-refractivity contribution in [2.24, 2.45) is 16.7 Å². The van der Waals surface area contributed by atoms with Crippen molar-refractivity contribution in [1.29, 1.82) is 0 Å². The Hall–Kier alpha value is -1.45. The van der Waals surface area contributed by atoms with Crippen LogP contribution in [0.15, 0.2) is 12.4 Å². The van der Waals surface area contributed by atoms with Crippen molar-refractivity contribution in [3.8, 4) is 0 Å². The number of aryl methyl sites for hydroxylation is 1. The molecule has 0 aromatic carbocycles. The molecule has 0 fully saturated rings. The van der Waals surface area contributed by atoms with E-state index in [0.717, 1.165) is 30.7 Å². The molecule has 1 atom stereocenters. The van der Waals surface area contributed by atoms with Crippen molar-refractivity contribution in [2.45, 2.75) is 87.1 Å². The first-order chi connectivity index (χ1) is 11.5. The zero-order valence-corrected chi connectivity index (χ0v) is 17.3. The lowest BCUT2D eigenvalue weighted by atomic mass is 9.81. The summed E-state index contributed by atoms with van der Waals surface area (Å²) in [7, 11) is 0. The van der Waals surface area contributed by atoms with E-state index in [9.17, 15) is 4.79 Å². The highest BCUT2D eigenvalue weighted by Gasteiger charge is 2.24. The summed E-state index contributed by atoms with van der Waals surface area (Å²) < 4.78 is 0. The van der Waals surface area contributed by atoms with Gasteiger partial charge in [0.15, 0.2) is 0 Å². The van der Waals surface area contributed by atoms with Crippen LogP contribution in [-0.2, 0) is 11.3 Å². The Morgan fingerprint density at radius 1 is 1.04 bits per heavy atom. The Balaban J connectivity index is 2.55. The summed E-state index contributed by atoms with van der Waals surface area (Å²) in [6.07, 6.45) is 8.83. The van der Waals surface area contributed by atoms with E-state index in [1.807, 2.05) is 6.92 Å². The van der Waals surface area contributed by atoms with Gasteiger partial charge in [-0.3, -0.25) is 14.8 Å². The molecule has 0 bridgehead atoms. The topological polar surface area (TPSA) is 54.9 Å². The van der Waals surface area contributed by atoms with Gasteiger partial charge in [0.25, 0.3) is 0 Å². The Bertz CT molecular complexity index is 524. The second-order valence-corrected chi connectivity index (χ2v) is 9.64. The second-order valence-electron chi connectivity index (χ2n) is 9.64. The molecule has 1 N–H and O–H groups in total. The van der Waals surface area contributed by atoms with Gasteiger partial charge in [-0.1, -0.05) is 54.4 Å². The Labute approximate surface area is 154 Å². The van der Waals surface area contributed by atoms with Crippen molar-refractivity contribution in [1.82, 2.24) is 15.3 Å². The fraction of sp³-hybridized carbons (Fsp3) is 0.762. The largest absolute Gasteiger partial charge is 0.350 e. The molecule has 1 unspecified atom stereocenters. The van der Waals surface area contributed by atoms with Crippen molar-refractivity contribution in [3.63, 3.8) is 0 Å². The molecule has 0 radical (unpaired) electrons. The maximum atomic E-state index is 12.7. The van der Waals surface area contributed by atoms with E-state index in [-0.39, 0.29) is 17.2 Å². The number of amides is 1. The molecule has 4 nitrogen and oxygen atoms in total. The van der Waals surface area contributed by atoms with Crippen LogP contribution in [0.5, 0.6) is 0 Å². The van der Waals surface area contributed by atoms with Crippen LogP contribution >= 0.6 is 0 Å². The third-order valence-electron chi connectivity index (χ3n) is 4.24. The quantitative estimate of drug-likeness (QED) is 0.669. The molecule has 25 heavy (non-hydrogen) atoms. The molecule has 1 aromatic rings. The number of carbonyl (C=O) groups excluding carboxylic acids is 1. The van der Waals surface area contributed by atoms with Crippen LogP contribution in [0.3, 0.4) is 0 Å². The SMILES string of the molecule is Cc1cnc(CNC(=O)C(CCCCC(C)(C)C)CC(C)(C)C)cn1. The van der Waals surface area contributed by atoms with Crippen LogP contribution in [-0.4, -0.2) is 15.9 Å². The summed E-state index contributed by atoms with van der Waals surface area (Å²) in [6, 6.07) is 0. The van der Waals surface area contributed by atoms with E-state index in [1.54, 1.807) is 12.4 Å². The first-order valence-corrected chi connectivity index (χ1v) is 9.51. The van der Waals surface area contributed by atoms with Crippen LogP contribution in [0.1, 0.15) is 85.0 Å². The van der Waals surface area contributed by atoms with Crippen LogP contribution in [0, 0.1) is 23.7 Å². The predicted molar refractivity (Wildman–Crippen MR) is 104 cm³/mol. The number of hydrogen-bond donors (Lipinski definition) is 1. The van der Waals surface area contributed by atoms with E-state index < -0.39 is 0 Å². The first kappa shape index (κ1) is 21.6. The number of nitrogens with one attached hydrogen (secondary N) is 1. The minimum Gasteiger partial charge on any atom is -0.350 e. The molecule has 0 aliphatic rings. The van der Waals surface area contributed by atoms with E-state index >= 15 is 0 Å². The zero-order chi connectivity index (χ0) is 19.1. The Morgan fingerprint density at radius 2 is 1.72 bits per heavy atom. The third kappa shape index (κ3) is 10.2. The molecule has 0 aliphatic carbocycles. The average molecular weight is 348 g/mol. The standard InChI is InChI=1S/C21H37N3O/c1-16-13-23-18(14-22-16)15-24-19(25)17(12-21(5,6)7)10-8-9-11-20(2,3)4/h13-14,17H,8-12,15H2,1-7H3,(H,24,25). The molecule has 1 heterocycles. The average Bonchev–Trinajstić information content (AvgIpc) is 2.47. The molecule has 142 valence electrons. The van der Waals surface area contributed by atoms with Gasteiger partial charge in [0.1, 0.15) is 0 Å². The maximum absolute atomic E-state index is 12.7. The van der Waals surface area contributed by atoms with E-state index in [2.05, 4.69) is 56.8 Å². The van der Waals surface area contributed by atoms with E-state index in [4.69, 9.17) is 0 Å². The smallest absolute Gasteiger partial charge is 0.223 e. The monoisotopic (exact) mass is 347 g/mol. The normalized spacial score (nSPS) is 13.6. The number of rotatable bonds is 8. The molecule has 0 spiro atoms. The first-order valence-electron chi connectivity index (χ1n) is 9.51. The fourth-order valence-corrected chi connectivity index (χ4v) is 2.94. The lowest BCUT2D eigenvalue weighted by molar-refractivity contribution is -0.126. The molecule has 1 aromatic heterocycles. The minimum atomic E-state index is 0.0679. The summed E-state index contributed by atoms with van der Waals surface area (Å²) in [5.74, 6) is 0.214. The van der Waals surface area contributed by atoms with E-state index in [0.29, 0.717) is 12.0 Å². The fourth-order valence-electron chi connectivity index (χ4n) is 2.94. The van der Waals surface area contributed by atoms with Crippen LogP contribution in [0.25, 0.3) is 0 Å². The lowest BCUT2D eigenvalue weighted by Gasteiger charge is -2.26. The van der Waals surface area contributed by atoms with Gasteiger partial charge >= 0.3 is 0 Å². The molecule has 0 saturated heterocycles. The zero-order valence-electron chi connectivity index (χ0n) is 17.3. The number of unbranched alkanes of at least 4 members (excludes halogenated alkanes) is 1. The van der Waals surface area contributed by atoms with Gasteiger partial charge in [-0.05, 0) is 37.0 Å².